The molecule has 28 heavy (non-hydrogen) atoms. The molecule has 0 aliphatic carbocycles. The maximum Gasteiger partial charge on any atom is 0.346 e. The van der Waals surface area contributed by atoms with Crippen molar-refractivity contribution in [3.63, 3.8) is 0 Å². The molecule has 0 heterocycles. The molecule has 0 aliphatic rings. The van der Waals surface area contributed by atoms with Crippen LogP contribution < -0.4 is 0 Å². The minimum absolute atomic E-state index is 0.151. The molecular weight excluding hydrogens is 399 g/mol. The van der Waals surface area contributed by atoms with E-state index in [4.69, 9.17) is 0 Å². The van der Waals surface area contributed by atoms with Crippen molar-refractivity contribution in [3.05, 3.63) is 83.9 Å². The van der Waals surface area contributed by atoms with E-state index in [1.54, 1.807) is 0 Å². The van der Waals surface area contributed by atoms with E-state index in [9.17, 15) is 27.3 Å². The molecule has 0 amide bonds. The quantitative estimate of drug-likeness (QED) is 0.391. The van der Waals surface area contributed by atoms with Gasteiger partial charge in [0, 0.05) is 5.92 Å². The van der Waals surface area contributed by atoms with Crippen molar-refractivity contribution in [1.82, 2.24) is 0 Å². The Morgan fingerprint density at radius 2 is 1.39 bits per heavy atom. The maximum absolute atomic E-state index is 11.6. The van der Waals surface area contributed by atoms with Gasteiger partial charge >= 0.3 is 7.60 Å². The molecule has 0 aliphatic heterocycles. The van der Waals surface area contributed by atoms with Gasteiger partial charge in [0.15, 0.2) is 4.99 Å². The second-order valence-electron chi connectivity index (χ2n) is 6.71. The number of fused-ring (bicyclic) bond motifs is 1. The van der Waals surface area contributed by atoms with Gasteiger partial charge < -0.3 is 9.79 Å². The van der Waals surface area contributed by atoms with Gasteiger partial charge in [0.2, 0.25) is 0 Å². The predicted octanol–water partition coefficient (Wildman–Crippen LogP) is 4.14. The summed E-state index contributed by atoms with van der Waals surface area (Å²) in [7, 11) is -9.89. The molecule has 3 rings (SSSR count). The normalized spacial score (nSPS) is 14.7. The standard InChI is InChI=1S/C20H21O6PS/c21-27(22,23)20(28(24,25)26)13-12-19(16-7-2-1-3-8-16)18-11-10-15-6-4-5-9-17(15)14-18/h1-11,14,19-20H,12-13H2,(H2,21,22,23)(H,24,25,26). The Morgan fingerprint density at radius 3 is 2.00 bits per heavy atom. The first kappa shape index (κ1) is 20.7. The van der Waals surface area contributed by atoms with Gasteiger partial charge in [-0.05, 0) is 34.7 Å². The highest BCUT2D eigenvalue weighted by molar-refractivity contribution is 7.93. The molecule has 0 aromatic heterocycles. The van der Waals surface area contributed by atoms with Crippen molar-refractivity contribution >= 4 is 28.5 Å². The number of benzene rings is 3. The molecule has 8 heteroatoms. The molecule has 0 spiro atoms. The summed E-state index contributed by atoms with van der Waals surface area (Å²) in [6, 6.07) is 23.0. The first-order valence-electron chi connectivity index (χ1n) is 8.71. The summed E-state index contributed by atoms with van der Waals surface area (Å²) in [5.74, 6) is -0.276. The van der Waals surface area contributed by atoms with E-state index in [2.05, 4.69) is 0 Å². The first-order chi connectivity index (χ1) is 13.2. The highest BCUT2D eigenvalue weighted by atomic mass is 32.2. The second-order valence-corrected chi connectivity index (χ2v) is 10.5. The van der Waals surface area contributed by atoms with Crippen LogP contribution in [-0.4, -0.2) is 27.7 Å². The van der Waals surface area contributed by atoms with E-state index in [-0.39, 0.29) is 18.8 Å². The minimum Gasteiger partial charge on any atom is -0.323 e. The van der Waals surface area contributed by atoms with Gasteiger partial charge in [-0.3, -0.25) is 9.12 Å². The smallest absolute Gasteiger partial charge is 0.323 e. The zero-order valence-electron chi connectivity index (χ0n) is 14.9. The molecule has 0 bridgehead atoms. The maximum atomic E-state index is 11.6. The first-order valence-corrected chi connectivity index (χ1v) is 11.9. The average molecular weight is 420 g/mol. The van der Waals surface area contributed by atoms with Crippen LogP contribution in [0.15, 0.2) is 72.8 Å². The number of rotatable bonds is 7. The summed E-state index contributed by atoms with van der Waals surface area (Å²) in [5.41, 5.74) is 1.81. The summed E-state index contributed by atoms with van der Waals surface area (Å²) in [6.07, 6.45) is -0.215. The van der Waals surface area contributed by atoms with Crippen LogP contribution in [0.5, 0.6) is 0 Å². The Kier molecular flexibility index (Phi) is 6.03. The Balaban J connectivity index is 1.99. The van der Waals surface area contributed by atoms with E-state index in [0.29, 0.717) is 0 Å². The highest BCUT2D eigenvalue weighted by Gasteiger charge is 2.39. The Bertz CT molecular complexity index is 1110. The van der Waals surface area contributed by atoms with Gasteiger partial charge in [-0.15, -0.1) is 0 Å². The average Bonchev–Trinajstić information content (AvgIpc) is 2.63. The second kappa shape index (κ2) is 8.15. The fourth-order valence-electron chi connectivity index (χ4n) is 3.44. The van der Waals surface area contributed by atoms with E-state index < -0.39 is 22.7 Å². The van der Waals surface area contributed by atoms with Crippen LogP contribution in [0, 0.1) is 0 Å². The highest BCUT2D eigenvalue weighted by Crippen LogP contribution is 2.47. The molecule has 3 N–H and O–H groups in total. The summed E-state index contributed by atoms with van der Waals surface area (Å²) in [5, 5.41) is 2.08. The molecule has 0 radical (unpaired) electrons. The molecule has 3 aromatic carbocycles. The van der Waals surface area contributed by atoms with Gasteiger partial charge in [-0.2, -0.15) is 8.42 Å². The lowest BCUT2D eigenvalue weighted by Crippen LogP contribution is -2.21. The topological polar surface area (TPSA) is 112 Å². The van der Waals surface area contributed by atoms with Crippen molar-refractivity contribution in [2.45, 2.75) is 23.8 Å². The van der Waals surface area contributed by atoms with E-state index >= 15 is 0 Å². The van der Waals surface area contributed by atoms with Crippen molar-refractivity contribution in [1.29, 1.82) is 0 Å². The molecule has 2 atom stereocenters. The third kappa shape index (κ3) is 4.87. The molecule has 148 valence electrons. The van der Waals surface area contributed by atoms with E-state index in [1.165, 1.54) is 0 Å². The molecule has 3 aromatic rings. The molecule has 2 unspecified atom stereocenters. The Hall–Kier alpha value is -2.02. The molecule has 0 saturated heterocycles. The van der Waals surface area contributed by atoms with Crippen LogP contribution in [-0.2, 0) is 14.7 Å². The largest absolute Gasteiger partial charge is 0.346 e. The van der Waals surface area contributed by atoms with Crippen LogP contribution in [0.4, 0.5) is 0 Å². The summed E-state index contributed by atoms with van der Waals surface area (Å²) < 4.78 is 43.9. The number of hydrogen-bond acceptors (Lipinski definition) is 3. The predicted molar refractivity (Wildman–Crippen MR) is 109 cm³/mol. The Morgan fingerprint density at radius 1 is 0.786 bits per heavy atom. The van der Waals surface area contributed by atoms with E-state index in [1.807, 2.05) is 72.8 Å². The molecule has 6 nitrogen and oxygen atoms in total. The third-order valence-corrected chi connectivity index (χ3v) is 8.35. The minimum atomic E-state index is -5.01. The lowest BCUT2D eigenvalue weighted by Gasteiger charge is -2.22. The molecule has 0 fully saturated rings. The van der Waals surface area contributed by atoms with Crippen molar-refractivity contribution in [2.24, 2.45) is 0 Å². The van der Waals surface area contributed by atoms with Crippen molar-refractivity contribution in [2.75, 3.05) is 0 Å². The lowest BCUT2D eigenvalue weighted by molar-refractivity contribution is 0.359. The van der Waals surface area contributed by atoms with Gasteiger partial charge in [-0.1, -0.05) is 72.8 Å². The van der Waals surface area contributed by atoms with E-state index in [0.717, 1.165) is 21.9 Å². The zero-order chi connectivity index (χ0) is 20.4. The summed E-state index contributed by atoms with van der Waals surface area (Å²) in [4.78, 5) is 16.6. The van der Waals surface area contributed by atoms with Crippen LogP contribution >= 0.6 is 7.60 Å². The van der Waals surface area contributed by atoms with Crippen LogP contribution in [0.1, 0.15) is 29.9 Å². The Labute approximate surface area is 163 Å². The van der Waals surface area contributed by atoms with Gasteiger partial charge in [0.05, 0.1) is 0 Å². The zero-order valence-corrected chi connectivity index (χ0v) is 16.6. The number of hydrogen-bond donors (Lipinski definition) is 3. The van der Waals surface area contributed by atoms with Gasteiger partial charge in [0.25, 0.3) is 10.1 Å². The third-order valence-electron chi connectivity index (χ3n) is 4.80. The lowest BCUT2D eigenvalue weighted by atomic mass is 9.86. The molecular formula is C20H21O6PS. The van der Waals surface area contributed by atoms with Crippen LogP contribution in [0.2, 0.25) is 0 Å². The summed E-state index contributed by atoms with van der Waals surface area (Å²) in [6.45, 7) is 0. The monoisotopic (exact) mass is 420 g/mol. The SMILES string of the molecule is O=P(O)(O)C(CCC(c1ccccc1)c1ccc2ccccc2c1)S(=O)(=O)O. The van der Waals surface area contributed by atoms with Crippen LogP contribution in [0.3, 0.4) is 0 Å². The van der Waals surface area contributed by atoms with Gasteiger partial charge in [-0.25, -0.2) is 0 Å². The van der Waals surface area contributed by atoms with Crippen molar-refractivity contribution in [3.8, 4) is 0 Å². The summed E-state index contributed by atoms with van der Waals surface area (Å²) >= 11 is 0. The molecule has 0 saturated carbocycles. The van der Waals surface area contributed by atoms with Crippen LogP contribution in [0.25, 0.3) is 10.8 Å². The van der Waals surface area contributed by atoms with Gasteiger partial charge in [0.1, 0.15) is 0 Å². The van der Waals surface area contributed by atoms with Crippen molar-refractivity contribution < 1.29 is 27.3 Å². The fourth-order valence-corrected chi connectivity index (χ4v) is 5.74. The fraction of sp³-hybridized carbons (Fsp3) is 0.200.